The molecule has 0 saturated carbocycles. The van der Waals surface area contributed by atoms with Crippen LogP contribution < -0.4 is 5.32 Å². The number of aryl methyl sites for hydroxylation is 1. The molecule has 1 N–H and O–H groups in total. The monoisotopic (exact) mass is 464 g/mol. The van der Waals surface area contributed by atoms with Crippen LogP contribution in [-0.4, -0.2) is 18.5 Å². The van der Waals surface area contributed by atoms with E-state index in [1.807, 2.05) is 18.2 Å². The van der Waals surface area contributed by atoms with Gasteiger partial charge in [-0.3, -0.25) is 4.79 Å². The third-order valence-electron chi connectivity index (χ3n) is 4.12. The van der Waals surface area contributed by atoms with Gasteiger partial charge in [0, 0.05) is 9.75 Å². The highest BCUT2D eigenvalue weighted by Crippen LogP contribution is 2.38. The standard InChI is InChI=1S/C19H17BrN2O3S2/c1-2-25-19(24)16-13-5-3-4-6-14(13)27-18(16)22-17(23)11(10-21)9-12-7-8-15(20)26-12/h7-9H,2-6H2,1H3,(H,22,23)/b11-9+. The number of rotatable bonds is 5. The van der Waals surface area contributed by atoms with Crippen LogP contribution in [0.2, 0.25) is 0 Å². The summed E-state index contributed by atoms with van der Waals surface area (Å²) >= 11 is 6.20. The zero-order valence-electron chi connectivity index (χ0n) is 14.6. The molecule has 2 aromatic rings. The SMILES string of the molecule is CCOC(=O)c1c(NC(=O)/C(C#N)=C/c2ccc(Br)s2)sc2c1CCCC2. The Kier molecular flexibility index (Phi) is 6.47. The molecule has 0 atom stereocenters. The molecule has 140 valence electrons. The van der Waals surface area contributed by atoms with E-state index in [4.69, 9.17) is 4.74 Å². The molecular weight excluding hydrogens is 448 g/mol. The lowest BCUT2D eigenvalue weighted by Crippen LogP contribution is -2.16. The number of hydrogen-bond acceptors (Lipinski definition) is 6. The highest BCUT2D eigenvalue weighted by atomic mass is 79.9. The molecule has 0 bridgehead atoms. The second-order valence-corrected chi connectivity index (χ2v) is 9.50. The Balaban J connectivity index is 1.91. The van der Waals surface area contributed by atoms with Crippen LogP contribution in [0.4, 0.5) is 5.00 Å². The van der Waals surface area contributed by atoms with Crippen LogP contribution >= 0.6 is 38.6 Å². The van der Waals surface area contributed by atoms with Gasteiger partial charge in [-0.15, -0.1) is 22.7 Å². The lowest BCUT2D eigenvalue weighted by atomic mass is 9.95. The first-order valence-electron chi connectivity index (χ1n) is 8.53. The van der Waals surface area contributed by atoms with Gasteiger partial charge < -0.3 is 10.1 Å². The van der Waals surface area contributed by atoms with Crippen molar-refractivity contribution >= 4 is 61.6 Å². The second kappa shape index (κ2) is 8.83. The van der Waals surface area contributed by atoms with E-state index in [2.05, 4.69) is 21.2 Å². The normalized spacial score (nSPS) is 13.6. The molecule has 0 unspecified atom stereocenters. The van der Waals surface area contributed by atoms with E-state index in [1.54, 1.807) is 13.0 Å². The summed E-state index contributed by atoms with van der Waals surface area (Å²) in [4.78, 5) is 27.0. The average molecular weight is 465 g/mol. The summed E-state index contributed by atoms with van der Waals surface area (Å²) in [6.45, 7) is 2.03. The molecule has 5 nitrogen and oxygen atoms in total. The Morgan fingerprint density at radius 1 is 1.33 bits per heavy atom. The molecule has 3 rings (SSSR count). The number of nitrogens with zero attached hydrogens (tertiary/aromatic N) is 1. The molecule has 0 aliphatic heterocycles. The van der Waals surface area contributed by atoms with Crippen LogP contribution in [0, 0.1) is 11.3 Å². The number of hydrogen-bond donors (Lipinski definition) is 1. The van der Waals surface area contributed by atoms with Crippen LogP contribution in [0.15, 0.2) is 21.5 Å². The number of fused-ring (bicyclic) bond motifs is 1. The molecule has 0 saturated heterocycles. The Morgan fingerprint density at radius 3 is 2.78 bits per heavy atom. The quantitative estimate of drug-likeness (QED) is 0.375. The summed E-state index contributed by atoms with van der Waals surface area (Å²) in [7, 11) is 0. The van der Waals surface area contributed by atoms with E-state index in [-0.39, 0.29) is 12.2 Å². The number of esters is 1. The third-order valence-corrected chi connectivity index (χ3v) is 6.90. The summed E-state index contributed by atoms with van der Waals surface area (Å²) in [6, 6.07) is 5.63. The molecule has 2 heterocycles. The summed E-state index contributed by atoms with van der Waals surface area (Å²) in [6.07, 6.45) is 5.33. The fourth-order valence-corrected chi connectivity index (χ4v) is 5.58. The molecule has 1 aliphatic carbocycles. The first-order chi connectivity index (χ1) is 13.0. The molecule has 1 amide bonds. The van der Waals surface area contributed by atoms with Crippen LogP contribution in [-0.2, 0) is 22.4 Å². The fraction of sp³-hybridized carbons (Fsp3) is 0.316. The Bertz CT molecular complexity index is 953. The van der Waals surface area contributed by atoms with Crippen LogP contribution in [0.5, 0.6) is 0 Å². The maximum absolute atomic E-state index is 12.6. The number of nitrogens with one attached hydrogen (secondary N) is 1. The van der Waals surface area contributed by atoms with Crippen molar-refractivity contribution in [1.82, 2.24) is 0 Å². The van der Waals surface area contributed by atoms with E-state index < -0.39 is 11.9 Å². The van der Waals surface area contributed by atoms with E-state index >= 15 is 0 Å². The molecule has 8 heteroatoms. The molecule has 0 fully saturated rings. The number of halogens is 1. The minimum absolute atomic E-state index is 0.00877. The molecule has 2 aromatic heterocycles. The van der Waals surface area contributed by atoms with E-state index in [0.29, 0.717) is 10.6 Å². The van der Waals surface area contributed by atoms with Gasteiger partial charge in [0.1, 0.15) is 16.6 Å². The average Bonchev–Trinajstić information content (AvgIpc) is 3.22. The van der Waals surface area contributed by atoms with E-state index in [1.165, 1.54) is 22.7 Å². The van der Waals surface area contributed by atoms with Crippen molar-refractivity contribution in [3.05, 3.63) is 42.4 Å². The highest BCUT2D eigenvalue weighted by molar-refractivity contribution is 9.11. The smallest absolute Gasteiger partial charge is 0.341 e. The van der Waals surface area contributed by atoms with Crippen molar-refractivity contribution in [2.24, 2.45) is 0 Å². The van der Waals surface area contributed by atoms with E-state index in [9.17, 15) is 14.9 Å². The molecule has 0 spiro atoms. The molecule has 1 aliphatic rings. The Hall–Kier alpha value is -1.95. The number of carbonyl (C=O) groups excluding carboxylic acids is 2. The van der Waals surface area contributed by atoms with Crippen LogP contribution in [0.3, 0.4) is 0 Å². The van der Waals surface area contributed by atoms with Crippen molar-refractivity contribution in [3.8, 4) is 6.07 Å². The van der Waals surface area contributed by atoms with Gasteiger partial charge >= 0.3 is 5.97 Å². The van der Waals surface area contributed by atoms with Crippen molar-refractivity contribution in [1.29, 1.82) is 5.26 Å². The van der Waals surface area contributed by atoms with Gasteiger partial charge in [-0.05, 0) is 72.3 Å². The predicted octanol–water partition coefficient (Wildman–Crippen LogP) is 5.17. The Labute approximate surface area is 173 Å². The van der Waals surface area contributed by atoms with Crippen molar-refractivity contribution in [2.75, 3.05) is 11.9 Å². The maximum Gasteiger partial charge on any atom is 0.341 e. The second-order valence-electron chi connectivity index (χ2n) is 5.90. The summed E-state index contributed by atoms with van der Waals surface area (Å²) < 4.78 is 6.11. The number of anilines is 1. The minimum Gasteiger partial charge on any atom is -0.462 e. The number of nitriles is 1. The summed E-state index contributed by atoms with van der Waals surface area (Å²) in [5.74, 6) is -0.942. The van der Waals surface area contributed by atoms with Crippen molar-refractivity contribution in [2.45, 2.75) is 32.6 Å². The van der Waals surface area contributed by atoms with Crippen molar-refractivity contribution < 1.29 is 14.3 Å². The third kappa shape index (κ3) is 4.49. The summed E-state index contributed by atoms with van der Waals surface area (Å²) in [5, 5.41) is 12.6. The minimum atomic E-state index is -0.522. The first-order valence-corrected chi connectivity index (χ1v) is 11.0. The molecule has 0 aromatic carbocycles. The van der Waals surface area contributed by atoms with Gasteiger partial charge in [0.25, 0.3) is 5.91 Å². The number of ether oxygens (including phenoxy) is 1. The zero-order chi connectivity index (χ0) is 19.4. The van der Waals surface area contributed by atoms with Gasteiger partial charge in [-0.1, -0.05) is 0 Å². The van der Waals surface area contributed by atoms with Crippen molar-refractivity contribution in [3.63, 3.8) is 0 Å². The zero-order valence-corrected chi connectivity index (χ0v) is 17.9. The van der Waals surface area contributed by atoms with Gasteiger partial charge in [0.05, 0.1) is 16.0 Å². The van der Waals surface area contributed by atoms with Gasteiger partial charge in [-0.25, -0.2) is 4.79 Å². The van der Waals surface area contributed by atoms with E-state index in [0.717, 1.165) is 44.8 Å². The lowest BCUT2D eigenvalue weighted by Gasteiger charge is -2.12. The van der Waals surface area contributed by atoms with Crippen LogP contribution in [0.1, 0.15) is 45.4 Å². The Morgan fingerprint density at radius 2 is 2.11 bits per heavy atom. The van der Waals surface area contributed by atoms with Crippen LogP contribution in [0.25, 0.3) is 6.08 Å². The fourth-order valence-electron chi connectivity index (χ4n) is 2.94. The topological polar surface area (TPSA) is 79.2 Å². The summed E-state index contributed by atoms with van der Waals surface area (Å²) in [5.41, 5.74) is 1.41. The van der Waals surface area contributed by atoms with Gasteiger partial charge in [0.15, 0.2) is 0 Å². The molecular formula is C19H17BrN2O3S2. The number of carbonyl (C=O) groups is 2. The molecule has 0 radical (unpaired) electrons. The lowest BCUT2D eigenvalue weighted by molar-refractivity contribution is -0.112. The highest BCUT2D eigenvalue weighted by Gasteiger charge is 2.27. The number of thiophene rings is 2. The molecule has 27 heavy (non-hydrogen) atoms. The number of amides is 1. The predicted molar refractivity (Wildman–Crippen MR) is 111 cm³/mol. The largest absolute Gasteiger partial charge is 0.462 e. The first kappa shape index (κ1) is 19.8. The van der Waals surface area contributed by atoms with Gasteiger partial charge in [-0.2, -0.15) is 5.26 Å². The maximum atomic E-state index is 12.6. The van der Waals surface area contributed by atoms with Gasteiger partial charge in [0.2, 0.25) is 0 Å².